The minimum Gasteiger partial charge on any atom is -0.368 e. The highest BCUT2D eigenvalue weighted by atomic mass is 15.0. The molecule has 108 valence electrons. The third-order valence-corrected chi connectivity index (χ3v) is 3.25. The van der Waals surface area contributed by atoms with Crippen molar-refractivity contribution in [3.05, 3.63) is 60.0 Å². The van der Waals surface area contributed by atoms with E-state index in [1.54, 1.807) is 12.4 Å². The van der Waals surface area contributed by atoms with Gasteiger partial charge in [-0.3, -0.25) is 0 Å². The molecule has 0 saturated carbocycles. The number of nitrogens with two attached hydrogens (primary N) is 1. The Bertz CT molecular complexity index is 722. The summed E-state index contributed by atoms with van der Waals surface area (Å²) in [5.41, 5.74) is 9.37. The van der Waals surface area contributed by atoms with Gasteiger partial charge in [0.05, 0.1) is 5.69 Å². The SMILES string of the molecule is C=CC(=C\n1ccnc1C)/C(=C/C)c1cnc(N)nc1C. The number of nitrogen functional groups attached to an aromatic ring is 1. The van der Waals surface area contributed by atoms with Gasteiger partial charge in [0.25, 0.3) is 0 Å². The van der Waals surface area contributed by atoms with E-state index in [0.29, 0.717) is 0 Å². The molecule has 0 radical (unpaired) electrons. The molecule has 0 amide bonds. The molecule has 0 unspecified atom stereocenters. The molecule has 2 heterocycles. The van der Waals surface area contributed by atoms with Gasteiger partial charge < -0.3 is 10.3 Å². The van der Waals surface area contributed by atoms with Crippen molar-refractivity contribution in [2.24, 2.45) is 0 Å². The van der Waals surface area contributed by atoms with Gasteiger partial charge in [-0.1, -0.05) is 18.7 Å². The minimum atomic E-state index is 0.279. The van der Waals surface area contributed by atoms with Gasteiger partial charge in [0, 0.05) is 30.4 Å². The van der Waals surface area contributed by atoms with Crippen LogP contribution in [0.2, 0.25) is 0 Å². The van der Waals surface area contributed by atoms with E-state index in [2.05, 4.69) is 21.5 Å². The van der Waals surface area contributed by atoms with Gasteiger partial charge in [0.2, 0.25) is 5.95 Å². The number of aromatic nitrogens is 4. The molecule has 0 atom stereocenters. The summed E-state index contributed by atoms with van der Waals surface area (Å²) in [6.45, 7) is 9.75. The lowest BCUT2D eigenvalue weighted by atomic mass is 9.98. The molecule has 0 saturated heterocycles. The molecule has 5 nitrogen and oxygen atoms in total. The highest BCUT2D eigenvalue weighted by molar-refractivity contribution is 5.85. The fraction of sp³-hybridized carbons (Fsp3) is 0.188. The van der Waals surface area contributed by atoms with Crippen LogP contribution in [0.25, 0.3) is 11.8 Å². The Morgan fingerprint density at radius 2 is 2.10 bits per heavy atom. The van der Waals surface area contributed by atoms with Crippen molar-refractivity contribution < 1.29 is 0 Å². The summed E-state index contributed by atoms with van der Waals surface area (Å²) in [5, 5.41) is 0. The van der Waals surface area contributed by atoms with Crippen molar-refractivity contribution >= 4 is 17.7 Å². The first-order valence-electron chi connectivity index (χ1n) is 6.66. The van der Waals surface area contributed by atoms with Gasteiger partial charge in [-0.2, -0.15) is 0 Å². The van der Waals surface area contributed by atoms with Crippen LogP contribution in [0.5, 0.6) is 0 Å². The molecular formula is C16H19N5. The molecule has 0 aliphatic carbocycles. The Kier molecular flexibility index (Phi) is 4.33. The van der Waals surface area contributed by atoms with Crippen molar-refractivity contribution in [3.63, 3.8) is 0 Å². The molecule has 21 heavy (non-hydrogen) atoms. The summed E-state index contributed by atoms with van der Waals surface area (Å²) >= 11 is 0. The Labute approximate surface area is 124 Å². The van der Waals surface area contributed by atoms with E-state index in [4.69, 9.17) is 5.73 Å². The zero-order valence-electron chi connectivity index (χ0n) is 12.5. The Morgan fingerprint density at radius 1 is 1.33 bits per heavy atom. The van der Waals surface area contributed by atoms with Gasteiger partial charge >= 0.3 is 0 Å². The smallest absolute Gasteiger partial charge is 0.220 e. The number of aryl methyl sites for hydroxylation is 2. The van der Waals surface area contributed by atoms with E-state index in [9.17, 15) is 0 Å². The normalized spacial score (nSPS) is 12.5. The maximum Gasteiger partial charge on any atom is 0.220 e. The van der Waals surface area contributed by atoms with Gasteiger partial charge in [-0.05, 0) is 31.9 Å². The predicted octanol–water partition coefficient (Wildman–Crippen LogP) is 3.00. The van der Waals surface area contributed by atoms with Gasteiger partial charge in [-0.25, -0.2) is 15.0 Å². The maximum atomic E-state index is 5.62. The second kappa shape index (κ2) is 6.17. The molecule has 0 bridgehead atoms. The summed E-state index contributed by atoms with van der Waals surface area (Å²) in [5.74, 6) is 1.19. The quantitative estimate of drug-likeness (QED) is 0.875. The van der Waals surface area contributed by atoms with Crippen molar-refractivity contribution in [1.82, 2.24) is 19.5 Å². The molecule has 0 aromatic carbocycles. The number of rotatable bonds is 4. The zero-order chi connectivity index (χ0) is 15.4. The lowest BCUT2D eigenvalue weighted by Gasteiger charge is -2.12. The molecular weight excluding hydrogens is 262 g/mol. The number of hydrogen-bond donors (Lipinski definition) is 1. The number of imidazole rings is 1. The van der Waals surface area contributed by atoms with Crippen LogP contribution < -0.4 is 5.73 Å². The van der Waals surface area contributed by atoms with Crippen LogP contribution in [0, 0.1) is 13.8 Å². The van der Waals surface area contributed by atoms with E-state index >= 15 is 0 Å². The fourth-order valence-electron chi connectivity index (χ4n) is 2.13. The molecule has 5 heteroatoms. The lowest BCUT2D eigenvalue weighted by molar-refractivity contribution is 1.03. The van der Waals surface area contributed by atoms with E-state index in [1.807, 2.05) is 49.9 Å². The third-order valence-electron chi connectivity index (χ3n) is 3.25. The first-order chi connectivity index (χ1) is 10.1. The standard InChI is InChI=1S/C16H19N5/c1-5-13(10-21-8-7-18-12(21)4)14(6-2)15-9-19-16(17)20-11(15)3/h5-10H,1H2,2-4H3,(H2,17,19,20)/b13-10+,14-6-. The van der Waals surface area contributed by atoms with E-state index in [0.717, 1.165) is 28.2 Å². The van der Waals surface area contributed by atoms with E-state index in [-0.39, 0.29) is 5.95 Å². The van der Waals surface area contributed by atoms with Crippen molar-refractivity contribution in [3.8, 4) is 0 Å². The molecule has 0 fully saturated rings. The van der Waals surface area contributed by atoms with Crippen molar-refractivity contribution in [2.45, 2.75) is 20.8 Å². The molecule has 0 aliphatic rings. The second-order valence-electron chi connectivity index (χ2n) is 4.60. The van der Waals surface area contributed by atoms with Crippen LogP contribution in [-0.2, 0) is 0 Å². The van der Waals surface area contributed by atoms with Crippen LogP contribution in [0.4, 0.5) is 5.95 Å². The number of nitrogens with zero attached hydrogens (tertiary/aromatic N) is 4. The summed E-state index contributed by atoms with van der Waals surface area (Å²) in [7, 11) is 0. The maximum absolute atomic E-state index is 5.62. The van der Waals surface area contributed by atoms with Crippen LogP contribution in [0.15, 0.2) is 42.9 Å². The van der Waals surface area contributed by atoms with Crippen LogP contribution >= 0.6 is 0 Å². The Hall–Kier alpha value is -2.69. The zero-order valence-corrected chi connectivity index (χ0v) is 12.5. The Morgan fingerprint density at radius 3 is 2.62 bits per heavy atom. The largest absolute Gasteiger partial charge is 0.368 e. The Balaban J connectivity index is 2.51. The summed E-state index contributed by atoms with van der Waals surface area (Å²) < 4.78 is 1.95. The lowest BCUT2D eigenvalue weighted by Crippen LogP contribution is -2.01. The van der Waals surface area contributed by atoms with E-state index in [1.165, 1.54) is 0 Å². The van der Waals surface area contributed by atoms with Gasteiger partial charge in [0.15, 0.2) is 0 Å². The van der Waals surface area contributed by atoms with E-state index < -0.39 is 0 Å². The fourth-order valence-corrected chi connectivity index (χ4v) is 2.13. The number of hydrogen-bond acceptors (Lipinski definition) is 4. The molecule has 0 aliphatic heterocycles. The van der Waals surface area contributed by atoms with Crippen molar-refractivity contribution in [2.75, 3.05) is 5.73 Å². The van der Waals surface area contributed by atoms with Gasteiger partial charge in [-0.15, -0.1) is 0 Å². The number of anilines is 1. The average Bonchev–Trinajstić information content (AvgIpc) is 2.85. The summed E-state index contributed by atoms with van der Waals surface area (Å²) in [6.07, 6.45) is 11.2. The minimum absolute atomic E-state index is 0.279. The highest BCUT2D eigenvalue weighted by Crippen LogP contribution is 2.26. The first kappa shape index (κ1) is 14.7. The van der Waals surface area contributed by atoms with Gasteiger partial charge in [0.1, 0.15) is 5.82 Å². The van der Waals surface area contributed by atoms with Crippen LogP contribution in [0.3, 0.4) is 0 Å². The predicted molar refractivity (Wildman–Crippen MR) is 86.3 cm³/mol. The second-order valence-corrected chi connectivity index (χ2v) is 4.60. The monoisotopic (exact) mass is 281 g/mol. The van der Waals surface area contributed by atoms with Crippen LogP contribution in [-0.4, -0.2) is 19.5 Å². The van der Waals surface area contributed by atoms with Crippen LogP contribution in [0.1, 0.15) is 24.0 Å². The molecule has 2 aromatic heterocycles. The molecule has 2 N–H and O–H groups in total. The van der Waals surface area contributed by atoms with Crippen molar-refractivity contribution in [1.29, 1.82) is 0 Å². The third kappa shape index (κ3) is 3.08. The molecule has 2 rings (SSSR count). The summed E-state index contributed by atoms with van der Waals surface area (Å²) in [4.78, 5) is 12.5. The number of allylic oxidation sites excluding steroid dienone is 4. The first-order valence-corrected chi connectivity index (χ1v) is 6.66. The molecule has 0 spiro atoms. The average molecular weight is 281 g/mol. The topological polar surface area (TPSA) is 69.6 Å². The summed E-state index contributed by atoms with van der Waals surface area (Å²) in [6, 6.07) is 0. The molecule has 2 aromatic rings. The highest BCUT2D eigenvalue weighted by Gasteiger charge is 2.10.